The van der Waals surface area contributed by atoms with Crippen molar-refractivity contribution in [2.45, 2.75) is 0 Å². The van der Waals surface area contributed by atoms with Gasteiger partial charge in [-0.1, -0.05) is 18.2 Å². The highest BCUT2D eigenvalue weighted by Gasteiger charge is 2.28. The second kappa shape index (κ2) is 7.21. The van der Waals surface area contributed by atoms with Crippen LogP contribution in [0.3, 0.4) is 0 Å². The molecule has 0 bridgehead atoms. The zero-order valence-corrected chi connectivity index (χ0v) is 12.7. The Morgan fingerprint density at radius 3 is 1.85 bits per heavy atom. The van der Waals surface area contributed by atoms with E-state index < -0.39 is 45.6 Å². The predicted octanol–water partition coefficient (Wildman–Crippen LogP) is 1.99. The molecule has 1 aliphatic heterocycles. The number of carboxylic acids is 2. The van der Waals surface area contributed by atoms with E-state index in [1.165, 1.54) is 0 Å². The third kappa shape index (κ3) is 3.53. The maximum atomic E-state index is 10.8. The minimum Gasteiger partial charge on any atom is -0.478 e. The monoisotopic (exact) mass is 359 g/mol. The Balaban J connectivity index is 0.000000195. The molecule has 0 saturated heterocycles. The number of ether oxygens (including phenoxy) is 1. The summed E-state index contributed by atoms with van der Waals surface area (Å²) in [6.45, 7) is 0. The van der Waals surface area contributed by atoms with E-state index in [1.807, 2.05) is 0 Å². The molecule has 26 heavy (non-hydrogen) atoms. The highest BCUT2D eigenvalue weighted by Crippen LogP contribution is 2.22. The average molecular weight is 359 g/mol. The third-order valence-electron chi connectivity index (χ3n) is 3.24. The van der Waals surface area contributed by atoms with Crippen molar-refractivity contribution in [1.82, 2.24) is 0 Å². The molecule has 10 heteroatoms. The van der Waals surface area contributed by atoms with E-state index in [0.717, 1.165) is 18.2 Å². The number of esters is 2. The van der Waals surface area contributed by atoms with Gasteiger partial charge in [0, 0.05) is 6.07 Å². The predicted molar refractivity (Wildman–Crippen MR) is 83.2 cm³/mol. The number of carbonyl (C=O) groups excluding carboxylic acids is 2. The fourth-order valence-electron chi connectivity index (χ4n) is 2.13. The lowest BCUT2D eigenvalue weighted by Gasteiger charge is -2.01. The van der Waals surface area contributed by atoms with Crippen LogP contribution in [0.2, 0.25) is 0 Å². The molecule has 0 spiro atoms. The molecular formula is C16H9NO9. The number of cyclic esters (lactones) is 2. The average Bonchev–Trinajstić information content (AvgIpc) is 2.89. The molecule has 1 heterocycles. The van der Waals surface area contributed by atoms with Crippen molar-refractivity contribution in [3.05, 3.63) is 74.8 Å². The van der Waals surface area contributed by atoms with Crippen molar-refractivity contribution >= 4 is 29.6 Å². The minimum absolute atomic E-state index is 0.359. The number of rotatable bonds is 3. The summed E-state index contributed by atoms with van der Waals surface area (Å²) in [5.41, 5.74) is -1.43. The Labute approximate surface area is 144 Å². The van der Waals surface area contributed by atoms with Crippen molar-refractivity contribution in [3.8, 4) is 0 Å². The normalized spacial score (nSPS) is 11.7. The molecule has 132 valence electrons. The molecule has 0 amide bonds. The number of nitrogens with zero attached hydrogens (tertiary/aromatic N) is 1. The third-order valence-corrected chi connectivity index (χ3v) is 3.24. The molecule has 0 atom stereocenters. The van der Waals surface area contributed by atoms with Crippen LogP contribution in [0.15, 0.2) is 42.5 Å². The number of hydrogen-bond acceptors (Lipinski definition) is 7. The molecule has 0 aromatic heterocycles. The molecule has 2 N–H and O–H groups in total. The van der Waals surface area contributed by atoms with Gasteiger partial charge in [-0.15, -0.1) is 0 Å². The topological polar surface area (TPSA) is 161 Å². The summed E-state index contributed by atoms with van der Waals surface area (Å²) in [5, 5.41) is 27.8. The van der Waals surface area contributed by atoms with Crippen LogP contribution in [0, 0.1) is 10.1 Å². The van der Waals surface area contributed by atoms with Gasteiger partial charge in [0.15, 0.2) is 5.56 Å². The highest BCUT2D eigenvalue weighted by atomic mass is 16.6. The zero-order chi connectivity index (χ0) is 19.4. The number of carboxylic acid groups (broad SMARTS) is 2. The van der Waals surface area contributed by atoms with Crippen molar-refractivity contribution < 1.29 is 39.1 Å². The molecule has 0 fully saturated rings. The lowest BCUT2D eigenvalue weighted by molar-refractivity contribution is -0.385. The second-order valence-electron chi connectivity index (χ2n) is 4.79. The first kappa shape index (κ1) is 18.3. The number of nitro benzene ring substituents is 1. The Kier molecular flexibility index (Phi) is 5.07. The Hall–Kier alpha value is -4.08. The quantitative estimate of drug-likeness (QED) is 0.361. The first-order chi connectivity index (χ1) is 12.2. The minimum atomic E-state index is -1.64. The molecule has 2 aromatic carbocycles. The Morgan fingerprint density at radius 1 is 0.885 bits per heavy atom. The number of aromatic carboxylic acids is 2. The summed E-state index contributed by atoms with van der Waals surface area (Å²) >= 11 is 0. The van der Waals surface area contributed by atoms with E-state index in [4.69, 9.17) is 10.2 Å². The van der Waals surface area contributed by atoms with Gasteiger partial charge in [0.05, 0.1) is 21.6 Å². The largest absolute Gasteiger partial charge is 0.478 e. The van der Waals surface area contributed by atoms with Crippen LogP contribution < -0.4 is 0 Å². The van der Waals surface area contributed by atoms with Gasteiger partial charge in [-0.2, -0.15) is 0 Å². The summed E-state index contributed by atoms with van der Waals surface area (Å²) in [6, 6.07) is 9.59. The molecule has 0 unspecified atom stereocenters. The van der Waals surface area contributed by atoms with Gasteiger partial charge < -0.3 is 14.9 Å². The Bertz CT molecular complexity index is 883. The van der Waals surface area contributed by atoms with E-state index in [2.05, 4.69) is 4.74 Å². The van der Waals surface area contributed by atoms with Crippen LogP contribution in [-0.4, -0.2) is 39.0 Å². The van der Waals surface area contributed by atoms with Gasteiger partial charge in [-0.3, -0.25) is 10.1 Å². The maximum absolute atomic E-state index is 10.8. The lowest BCUT2D eigenvalue weighted by atomic mass is 10.1. The lowest BCUT2D eigenvalue weighted by Crippen LogP contribution is -2.10. The number of carbonyl (C=O) groups is 4. The molecule has 2 aromatic rings. The number of fused-ring (bicyclic) bond motifs is 1. The van der Waals surface area contributed by atoms with Crippen molar-refractivity contribution in [2.75, 3.05) is 0 Å². The molecule has 1 aliphatic rings. The summed E-state index contributed by atoms with van der Waals surface area (Å²) in [6.07, 6.45) is 0. The van der Waals surface area contributed by atoms with Gasteiger partial charge in [0.2, 0.25) is 0 Å². The fraction of sp³-hybridized carbons (Fsp3) is 0. The first-order valence-corrected chi connectivity index (χ1v) is 6.83. The van der Waals surface area contributed by atoms with Crippen LogP contribution in [0.25, 0.3) is 0 Å². The van der Waals surface area contributed by atoms with Gasteiger partial charge in [0.25, 0.3) is 5.69 Å². The van der Waals surface area contributed by atoms with Crippen LogP contribution in [0.5, 0.6) is 0 Å². The molecular weight excluding hydrogens is 350 g/mol. The first-order valence-electron chi connectivity index (χ1n) is 6.83. The summed E-state index contributed by atoms with van der Waals surface area (Å²) in [5.74, 6) is -4.26. The van der Waals surface area contributed by atoms with Gasteiger partial charge in [-0.25, -0.2) is 19.2 Å². The SMILES string of the molecule is O=C(O)c1cccc([N+](=O)[O-])c1C(=O)O.O=C1OC(=O)c2ccccc21. The van der Waals surface area contributed by atoms with Crippen molar-refractivity contribution in [1.29, 1.82) is 0 Å². The molecule has 3 rings (SSSR count). The van der Waals surface area contributed by atoms with E-state index in [9.17, 15) is 29.3 Å². The van der Waals surface area contributed by atoms with E-state index in [-0.39, 0.29) is 0 Å². The second-order valence-corrected chi connectivity index (χ2v) is 4.79. The van der Waals surface area contributed by atoms with E-state index in [1.54, 1.807) is 24.3 Å². The summed E-state index contributed by atoms with van der Waals surface area (Å²) in [4.78, 5) is 52.5. The number of benzene rings is 2. The van der Waals surface area contributed by atoms with Crippen molar-refractivity contribution in [2.24, 2.45) is 0 Å². The van der Waals surface area contributed by atoms with Crippen molar-refractivity contribution in [3.63, 3.8) is 0 Å². The smallest absolute Gasteiger partial charge is 0.346 e. The van der Waals surface area contributed by atoms with E-state index >= 15 is 0 Å². The van der Waals surface area contributed by atoms with E-state index in [0.29, 0.717) is 11.1 Å². The van der Waals surface area contributed by atoms with Crippen LogP contribution in [-0.2, 0) is 4.74 Å². The molecule has 0 saturated carbocycles. The number of nitro groups is 1. The van der Waals surface area contributed by atoms with Crippen LogP contribution in [0.1, 0.15) is 41.4 Å². The standard InChI is InChI=1S/C8H5NO6.C8H4O3/c10-7(11)4-2-1-3-5(9(14)15)6(4)8(12)13;9-7-5-3-1-2-4-6(5)8(10)11-7/h1-3H,(H,10,11)(H,12,13);1-4H. The molecule has 0 aliphatic carbocycles. The van der Waals surface area contributed by atoms with Crippen LogP contribution >= 0.6 is 0 Å². The zero-order valence-electron chi connectivity index (χ0n) is 12.7. The Morgan fingerprint density at radius 2 is 1.42 bits per heavy atom. The highest BCUT2D eigenvalue weighted by molar-refractivity contribution is 6.14. The van der Waals surface area contributed by atoms with Gasteiger partial charge >= 0.3 is 23.9 Å². The van der Waals surface area contributed by atoms with Gasteiger partial charge in [0.1, 0.15) is 0 Å². The molecule has 0 radical (unpaired) electrons. The molecule has 10 nitrogen and oxygen atoms in total. The summed E-state index contributed by atoms with van der Waals surface area (Å²) < 4.78 is 4.35. The fourth-order valence-corrected chi connectivity index (χ4v) is 2.13. The maximum Gasteiger partial charge on any atom is 0.346 e. The number of hydrogen-bond donors (Lipinski definition) is 2. The van der Waals surface area contributed by atoms with Gasteiger partial charge in [-0.05, 0) is 18.2 Å². The van der Waals surface area contributed by atoms with Crippen LogP contribution in [0.4, 0.5) is 5.69 Å². The summed E-state index contributed by atoms with van der Waals surface area (Å²) in [7, 11) is 0.